The van der Waals surface area contributed by atoms with E-state index >= 15 is 0 Å². The number of hydrogen-bond donors (Lipinski definition) is 1. The lowest BCUT2D eigenvalue weighted by Crippen LogP contribution is -3.12. The first-order valence-electron chi connectivity index (χ1n) is 9.45. The topological polar surface area (TPSA) is 43.9 Å². The molecule has 2 heterocycles. The van der Waals surface area contributed by atoms with Gasteiger partial charge in [0.1, 0.15) is 17.9 Å². The molecule has 0 fully saturated rings. The van der Waals surface area contributed by atoms with Gasteiger partial charge in [0.05, 0.1) is 6.54 Å². The fraction of sp³-hybridized carbons (Fsp3) is 0.318. The van der Waals surface area contributed by atoms with Crippen molar-refractivity contribution in [2.45, 2.75) is 33.2 Å². The third-order valence-electron chi connectivity index (χ3n) is 5.38. The van der Waals surface area contributed by atoms with Gasteiger partial charge < -0.3 is 9.15 Å². The van der Waals surface area contributed by atoms with Crippen molar-refractivity contribution in [3.05, 3.63) is 73.1 Å². The molecule has 0 saturated carbocycles. The van der Waals surface area contributed by atoms with Gasteiger partial charge in [0.2, 0.25) is 6.73 Å². The van der Waals surface area contributed by atoms with Gasteiger partial charge in [-0.15, -0.1) is 0 Å². The molecule has 1 aliphatic heterocycles. The molecule has 1 aliphatic rings. The molecule has 1 aromatic heterocycles. The summed E-state index contributed by atoms with van der Waals surface area (Å²) in [5.41, 5.74) is 4.48. The van der Waals surface area contributed by atoms with Crippen LogP contribution in [0.1, 0.15) is 29.2 Å². The summed E-state index contributed by atoms with van der Waals surface area (Å²) < 4.78 is 11.6. The zero-order valence-electron chi connectivity index (χ0n) is 15.9. The predicted molar refractivity (Wildman–Crippen MR) is 112 cm³/mol. The number of aryl methyl sites for hydroxylation is 2. The van der Waals surface area contributed by atoms with Gasteiger partial charge in [0, 0.05) is 39.0 Å². The van der Waals surface area contributed by atoms with E-state index in [9.17, 15) is 4.79 Å². The summed E-state index contributed by atoms with van der Waals surface area (Å²) >= 11 is 12.3. The lowest BCUT2D eigenvalue weighted by molar-refractivity contribution is -0.932. The highest BCUT2D eigenvalue weighted by molar-refractivity contribution is 6.35. The van der Waals surface area contributed by atoms with Crippen LogP contribution in [0.4, 0.5) is 0 Å². The van der Waals surface area contributed by atoms with Crippen molar-refractivity contribution in [1.29, 1.82) is 0 Å². The average Bonchev–Trinajstić information content (AvgIpc) is 2.67. The lowest BCUT2D eigenvalue weighted by Gasteiger charge is -2.28. The molecule has 1 unspecified atom stereocenters. The van der Waals surface area contributed by atoms with E-state index in [4.69, 9.17) is 32.4 Å². The van der Waals surface area contributed by atoms with Crippen molar-refractivity contribution in [3.63, 3.8) is 0 Å². The maximum Gasteiger partial charge on any atom is 0.336 e. The number of ether oxygens (including phenoxy) is 1. The van der Waals surface area contributed by atoms with E-state index in [1.165, 1.54) is 4.90 Å². The highest BCUT2D eigenvalue weighted by atomic mass is 35.5. The maximum atomic E-state index is 11.9. The van der Waals surface area contributed by atoms with Gasteiger partial charge in [0.25, 0.3) is 0 Å². The molecule has 28 heavy (non-hydrogen) atoms. The number of nitrogens with one attached hydrogen (secondary N) is 1. The van der Waals surface area contributed by atoms with E-state index in [0.717, 1.165) is 59.3 Å². The minimum atomic E-state index is -0.310. The molecule has 4 nitrogen and oxygen atoms in total. The Morgan fingerprint density at radius 2 is 1.96 bits per heavy atom. The zero-order chi connectivity index (χ0) is 19.8. The minimum Gasteiger partial charge on any atom is -0.444 e. The highest BCUT2D eigenvalue weighted by Crippen LogP contribution is 2.33. The van der Waals surface area contributed by atoms with E-state index in [-0.39, 0.29) is 5.63 Å². The fourth-order valence-corrected chi connectivity index (χ4v) is 4.39. The second-order valence-electron chi connectivity index (χ2n) is 7.26. The van der Waals surface area contributed by atoms with Crippen LogP contribution in [0.25, 0.3) is 11.0 Å². The van der Waals surface area contributed by atoms with Gasteiger partial charge in [-0.2, -0.15) is 0 Å². The molecule has 3 aromatic rings. The monoisotopic (exact) mass is 418 g/mol. The summed E-state index contributed by atoms with van der Waals surface area (Å²) in [7, 11) is 0. The second-order valence-corrected chi connectivity index (χ2v) is 8.11. The number of benzene rings is 2. The summed E-state index contributed by atoms with van der Waals surface area (Å²) in [5.74, 6) is 0.845. The third-order valence-corrected chi connectivity index (χ3v) is 5.97. The van der Waals surface area contributed by atoms with Crippen molar-refractivity contribution in [2.75, 3.05) is 13.3 Å². The standard InChI is InChI=1S/C22H21Cl2NO3/c1-3-14-9-20(26)28-22-13(2)21-16(8-18(14)22)11-25(12-27-21)7-6-15-4-5-17(23)10-19(15)24/h4-5,8-10H,3,6-7,11-12H2,1-2H3/p+1. The number of quaternary nitrogens is 1. The Hall–Kier alpha value is -2.01. The molecule has 6 heteroatoms. The third kappa shape index (κ3) is 3.64. The van der Waals surface area contributed by atoms with Crippen LogP contribution in [-0.4, -0.2) is 13.3 Å². The normalized spacial score (nSPS) is 16.1. The second kappa shape index (κ2) is 7.78. The van der Waals surface area contributed by atoms with Crippen LogP contribution in [0.3, 0.4) is 0 Å². The smallest absolute Gasteiger partial charge is 0.336 e. The number of fused-ring (bicyclic) bond motifs is 2. The molecule has 146 valence electrons. The van der Waals surface area contributed by atoms with Crippen LogP contribution in [0, 0.1) is 6.92 Å². The molecule has 1 atom stereocenters. The Kier molecular flexibility index (Phi) is 5.37. The first-order valence-corrected chi connectivity index (χ1v) is 10.2. The Morgan fingerprint density at radius 1 is 1.14 bits per heavy atom. The molecule has 4 rings (SSSR count). The average molecular weight is 419 g/mol. The number of rotatable bonds is 4. The minimum absolute atomic E-state index is 0.310. The van der Waals surface area contributed by atoms with Crippen molar-refractivity contribution in [3.8, 4) is 5.75 Å². The summed E-state index contributed by atoms with van der Waals surface area (Å²) in [6, 6.07) is 9.34. The first-order chi connectivity index (χ1) is 13.5. The van der Waals surface area contributed by atoms with E-state index in [1.54, 1.807) is 12.1 Å². The highest BCUT2D eigenvalue weighted by Gasteiger charge is 2.25. The Labute approximate surface area is 173 Å². The van der Waals surface area contributed by atoms with Gasteiger partial charge in [-0.3, -0.25) is 4.90 Å². The largest absolute Gasteiger partial charge is 0.444 e. The Balaban J connectivity index is 1.60. The van der Waals surface area contributed by atoms with Crippen LogP contribution >= 0.6 is 23.2 Å². The molecule has 0 radical (unpaired) electrons. The molecule has 0 spiro atoms. The number of hydrogen-bond acceptors (Lipinski definition) is 3. The van der Waals surface area contributed by atoms with Crippen molar-refractivity contribution in [2.24, 2.45) is 0 Å². The van der Waals surface area contributed by atoms with Gasteiger partial charge >= 0.3 is 5.63 Å². The van der Waals surface area contributed by atoms with E-state index in [1.807, 2.05) is 26.0 Å². The maximum absolute atomic E-state index is 11.9. The number of halogens is 2. The van der Waals surface area contributed by atoms with Crippen molar-refractivity contribution in [1.82, 2.24) is 0 Å². The Bertz CT molecular complexity index is 1110. The van der Waals surface area contributed by atoms with E-state index in [2.05, 4.69) is 6.07 Å². The van der Waals surface area contributed by atoms with Gasteiger partial charge in [-0.25, -0.2) is 4.79 Å². The molecule has 0 saturated heterocycles. The molecular formula is C22H22Cl2NO3+. The molecular weight excluding hydrogens is 397 g/mol. The van der Waals surface area contributed by atoms with Gasteiger partial charge in [0.15, 0.2) is 0 Å². The van der Waals surface area contributed by atoms with Crippen LogP contribution in [0.15, 0.2) is 39.5 Å². The summed E-state index contributed by atoms with van der Waals surface area (Å²) in [5, 5.41) is 2.36. The summed E-state index contributed by atoms with van der Waals surface area (Å²) in [4.78, 5) is 13.2. The van der Waals surface area contributed by atoms with Gasteiger partial charge in [-0.1, -0.05) is 36.2 Å². The first kappa shape index (κ1) is 19.3. The fourth-order valence-electron chi connectivity index (χ4n) is 3.89. The summed E-state index contributed by atoms with van der Waals surface area (Å²) in [6.45, 7) is 6.35. The SMILES string of the molecule is CCc1cc(=O)oc2c(C)c3c(cc12)C[NH+](CCc1ccc(Cl)cc1Cl)CO3. The van der Waals surface area contributed by atoms with Crippen molar-refractivity contribution >= 4 is 34.2 Å². The van der Waals surface area contributed by atoms with E-state index in [0.29, 0.717) is 22.4 Å². The van der Waals surface area contributed by atoms with Gasteiger partial charge in [-0.05, 0) is 42.7 Å². The van der Waals surface area contributed by atoms with Crippen LogP contribution in [-0.2, 0) is 19.4 Å². The summed E-state index contributed by atoms with van der Waals surface area (Å²) in [6.07, 6.45) is 1.64. The lowest BCUT2D eigenvalue weighted by atomic mass is 9.99. The quantitative estimate of drug-likeness (QED) is 0.652. The van der Waals surface area contributed by atoms with Crippen LogP contribution in [0.5, 0.6) is 5.75 Å². The zero-order valence-corrected chi connectivity index (χ0v) is 17.4. The molecule has 0 bridgehead atoms. The van der Waals surface area contributed by atoms with E-state index < -0.39 is 0 Å². The molecule has 0 amide bonds. The van der Waals surface area contributed by atoms with Crippen LogP contribution < -0.4 is 15.3 Å². The van der Waals surface area contributed by atoms with Crippen molar-refractivity contribution < 1.29 is 14.1 Å². The van der Waals surface area contributed by atoms with Crippen LogP contribution in [0.2, 0.25) is 10.0 Å². The molecule has 0 aliphatic carbocycles. The predicted octanol–water partition coefficient (Wildman–Crippen LogP) is 3.95. The molecule has 2 aromatic carbocycles. The molecule has 1 N–H and O–H groups in total. The Morgan fingerprint density at radius 3 is 2.71 bits per heavy atom.